The average molecular weight is 352 g/mol. The normalized spacial score (nSPS) is 15.3. The van der Waals surface area contributed by atoms with E-state index in [1.54, 1.807) is 18.7 Å². The Balaban J connectivity index is 1.31. The molecule has 0 bridgehead atoms. The number of hydrogen-bond acceptors (Lipinski definition) is 6. The monoisotopic (exact) mass is 352 g/mol. The van der Waals surface area contributed by atoms with Crippen molar-refractivity contribution in [3.05, 3.63) is 54.5 Å². The molecule has 0 aliphatic carbocycles. The summed E-state index contributed by atoms with van der Waals surface area (Å²) < 4.78 is 10.7. The number of carbonyl (C=O) groups excluding carboxylic acids is 1. The summed E-state index contributed by atoms with van der Waals surface area (Å²) in [4.78, 5) is 22.8. The molecular formula is C19H20N4O3. The first-order valence-electron chi connectivity index (χ1n) is 8.84. The molecule has 0 N–H and O–H groups in total. The summed E-state index contributed by atoms with van der Waals surface area (Å²) in [6, 6.07) is 7.43. The van der Waals surface area contributed by atoms with Crippen molar-refractivity contribution in [2.75, 3.05) is 13.1 Å². The third kappa shape index (κ3) is 3.66. The average Bonchev–Trinajstić information content (AvgIpc) is 3.39. The van der Waals surface area contributed by atoms with Crippen LogP contribution in [0.25, 0.3) is 11.5 Å². The Morgan fingerprint density at radius 2 is 2.00 bits per heavy atom. The summed E-state index contributed by atoms with van der Waals surface area (Å²) in [5.74, 6) is 2.48. The summed E-state index contributed by atoms with van der Waals surface area (Å²) in [5.41, 5.74) is 0.865. The molecule has 4 rings (SSSR count). The van der Waals surface area contributed by atoms with E-state index < -0.39 is 0 Å². The number of pyridine rings is 1. The van der Waals surface area contributed by atoms with E-state index in [0.717, 1.165) is 43.1 Å². The van der Waals surface area contributed by atoms with Gasteiger partial charge in [-0.05, 0) is 37.1 Å². The molecule has 1 amide bonds. The number of aryl methyl sites for hydroxylation is 1. The quantitative estimate of drug-likeness (QED) is 0.701. The minimum atomic E-state index is 0.172. The highest BCUT2D eigenvalue weighted by atomic mass is 16.5. The van der Waals surface area contributed by atoms with Gasteiger partial charge in [0.25, 0.3) is 5.89 Å². The maximum Gasteiger partial charge on any atom is 0.258 e. The fourth-order valence-electron chi connectivity index (χ4n) is 3.24. The van der Waals surface area contributed by atoms with Gasteiger partial charge in [0.15, 0.2) is 5.82 Å². The van der Waals surface area contributed by atoms with Crippen molar-refractivity contribution in [3.8, 4) is 11.5 Å². The van der Waals surface area contributed by atoms with E-state index in [1.807, 2.05) is 29.2 Å². The molecule has 3 aromatic heterocycles. The van der Waals surface area contributed by atoms with Crippen molar-refractivity contribution in [3.63, 3.8) is 0 Å². The predicted octanol–water partition coefficient (Wildman–Crippen LogP) is 3.06. The number of nitrogens with zero attached hydrogens (tertiary/aromatic N) is 4. The van der Waals surface area contributed by atoms with Crippen molar-refractivity contribution in [1.82, 2.24) is 20.0 Å². The number of aromatic nitrogens is 3. The summed E-state index contributed by atoms with van der Waals surface area (Å²) in [5, 5.41) is 4.13. The Morgan fingerprint density at radius 1 is 1.19 bits per heavy atom. The summed E-state index contributed by atoms with van der Waals surface area (Å²) in [6.45, 7) is 1.45. The highest BCUT2D eigenvalue weighted by molar-refractivity contribution is 5.76. The van der Waals surface area contributed by atoms with E-state index in [-0.39, 0.29) is 11.8 Å². The van der Waals surface area contributed by atoms with E-state index in [0.29, 0.717) is 18.7 Å². The topological polar surface area (TPSA) is 85.3 Å². The van der Waals surface area contributed by atoms with Crippen molar-refractivity contribution in [1.29, 1.82) is 0 Å². The lowest BCUT2D eigenvalue weighted by atomic mass is 9.96. The van der Waals surface area contributed by atoms with Gasteiger partial charge in [-0.2, -0.15) is 4.98 Å². The molecule has 1 fully saturated rings. The van der Waals surface area contributed by atoms with Crippen LogP contribution in [0.2, 0.25) is 0 Å². The second-order valence-corrected chi connectivity index (χ2v) is 6.43. The molecule has 1 aliphatic rings. The fraction of sp³-hybridized carbons (Fsp3) is 0.368. The van der Waals surface area contributed by atoms with Crippen LogP contribution in [-0.4, -0.2) is 39.0 Å². The van der Waals surface area contributed by atoms with Crippen LogP contribution in [0.1, 0.15) is 36.8 Å². The van der Waals surface area contributed by atoms with Gasteiger partial charge in [0.1, 0.15) is 5.76 Å². The van der Waals surface area contributed by atoms with Gasteiger partial charge < -0.3 is 13.8 Å². The second kappa shape index (κ2) is 7.51. The lowest BCUT2D eigenvalue weighted by Crippen LogP contribution is -2.38. The number of furan rings is 1. The van der Waals surface area contributed by atoms with Crippen LogP contribution in [0.4, 0.5) is 0 Å². The first-order chi connectivity index (χ1) is 12.8. The van der Waals surface area contributed by atoms with Crippen LogP contribution in [0.5, 0.6) is 0 Å². The van der Waals surface area contributed by atoms with Gasteiger partial charge in [-0.3, -0.25) is 9.78 Å². The summed E-state index contributed by atoms with van der Waals surface area (Å²) in [7, 11) is 0. The van der Waals surface area contributed by atoms with E-state index in [4.69, 9.17) is 8.94 Å². The van der Waals surface area contributed by atoms with Gasteiger partial charge in [0, 0.05) is 49.8 Å². The molecule has 7 nitrogen and oxygen atoms in total. The van der Waals surface area contributed by atoms with Crippen LogP contribution < -0.4 is 0 Å². The molecule has 0 spiro atoms. The molecule has 1 aliphatic heterocycles. The Kier molecular flexibility index (Phi) is 4.77. The fourth-order valence-corrected chi connectivity index (χ4v) is 3.24. The van der Waals surface area contributed by atoms with E-state index >= 15 is 0 Å². The van der Waals surface area contributed by atoms with Crippen molar-refractivity contribution < 1.29 is 13.7 Å². The highest BCUT2D eigenvalue weighted by Crippen LogP contribution is 2.28. The standard InChI is InChI=1S/C19H20N4O3/c24-17(4-3-16-2-1-13-25-16)23-11-7-14(8-12-23)18-21-19(26-22-18)15-5-9-20-10-6-15/h1-2,5-6,9-10,13-14H,3-4,7-8,11-12H2. The van der Waals surface area contributed by atoms with Crippen molar-refractivity contribution in [2.45, 2.75) is 31.6 Å². The van der Waals surface area contributed by atoms with E-state index in [9.17, 15) is 4.79 Å². The Labute approximate surface area is 151 Å². The van der Waals surface area contributed by atoms with E-state index in [2.05, 4.69) is 15.1 Å². The van der Waals surface area contributed by atoms with Gasteiger partial charge in [-0.1, -0.05) is 5.16 Å². The van der Waals surface area contributed by atoms with Crippen LogP contribution in [-0.2, 0) is 11.2 Å². The molecule has 0 radical (unpaired) electrons. The molecule has 134 valence electrons. The SMILES string of the molecule is O=C(CCc1ccco1)N1CCC(c2noc(-c3ccncc3)n2)CC1. The highest BCUT2D eigenvalue weighted by Gasteiger charge is 2.27. The zero-order chi connectivity index (χ0) is 17.8. The largest absolute Gasteiger partial charge is 0.469 e. The van der Waals surface area contributed by atoms with Crippen molar-refractivity contribution >= 4 is 5.91 Å². The number of rotatable bonds is 5. The molecular weight excluding hydrogens is 332 g/mol. The Bertz CT molecular complexity index is 837. The van der Waals surface area contributed by atoms with Crippen molar-refractivity contribution in [2.24, 2.45) is 0 Å². The maximum absolute atomic E-state index is 12.4. The molecule has 0 saturated carbocycles. The molecule has 0 atom stereocenters. The number of likely N-dealkylation sites (tertiary alicyclic amines) is 1. The lowest BCUT2D eigenvalue weighted by Gasteiger charge is -2.30. The summed E-state index contributed by atoms with van der Waals surface area (Å²) in [6.07, 6.45) is 7.86. The zero-order valence-corrected chi connectivity index (χ0v) is 14.4. The lowest BCUT2D eigenvalue weighted by molar-refractivity contribution is -0.132. The number of hydrogen-bond donors (Lipinski definition) is 0. The molecule has 0 aromatic carbocycles. The first-order valence-corrected chi connectivity index (χ1v) is 8.84. The smallest absolute Gasteiger partial charge is 0.258 e. The van der Waals surface area contributed by atoms with Gasteiger partial charge >= 0.3 is 0 Å². The zero-order valence-electron chi connectivity index (χ0n) is 14.4. The minimum absolute atomic E-state index is 0.172. The number of amides is 1. The molecule has 1 saturated heterocycles. The predicted molar refractivity (Wildman–Crippen MR) is 93.1 cm³/mol. The maximum atomic E-state index is 12.4. The third-order valence-corrected chi connectivity index (χ3v) is 4.75. The molecule has 0 unspecified atom stereocenters. The van der Waals surface area contributed by atoms with Gasteiger partial charge in [0.2, 0.25) is 5.91 Å². The molecule has 7 heteroatoms. The van der Waals surface area contributed by atoms with Gasteiger partial charge in [-0.25, -0.2) is 0 Å². The van der Waals surface area contributed by atoms with Crippen LogP contribution in [0, 0.1) is 0 Å². The third-order valence-electron chi connectivity index (χ3n) is 4.75. The molecule has 26 heavy (non-hydrogen) atoms. The van der Waals surface area contributed by atoms with Crippen LogP contribution >= 0.6 is 0 Å². The summed E-state index contributed by atoms with van der Waals surface area (Å²) >= 11 is 0. The van der Waals surface area contributed by atoms with Gasteiger partial charge in [-0.15, -0.1) is 0 Å². The molecule has 4 heterocycles. The Morgan fingerprint density at radius 3 is 2.73 bits per heavy atom. The van der Waals surface area contributed by atoms with Gasteiger partial charge in [0.05, 0.1) is 6.26 Å². The molecule has 3 aromatic rings. The van der Waals surface area contributed by atoms with E-state index in [1.165, 1.54) is 0 Å². The van der Waals surface area contributed by atoms with Crippen LogP contribution in [0.15, 0.2) is 51.9 Å². The number of carbonyl (C=O) groups is 1. The second-order valence-electron chi connectivity index (χ2n) is 6.43. The number of piperidine rings is 1. The minimum Gasteiger partial charge on any atom is -0.469 e. The first kappa shape index (κ1) is 16.5. The Hall–Kier alpha value is -2.96. The van der Waals surface area contributed by atoms with Crippen LogP contribution in [0.3, 0.4) is 0 Å².